The van der Waals surface area contributed by atoms with Crippen LogP contribution in [0.25, 0.3) is 0 Å². The van der Waals surface area contributed by atoms with Gasteiger partial charge in [0, 0.05) is 35.9 Å². The highest BCUT2D eigenvalue weighted by molar-refractivity contribution is 7.98. The number of likely N-dealkylation sites (tertiary alicyclic amines) is 1. The van der Waals surface area contributed by atoms with Crippen LogP contribution in [0.4, 0.5) is 0 Å². The predicted octanol–water partition coefficient (Wildman–Crippen LogP) is 1.77. The molecule has 3 heterocycles. The van der Waals surface area contributed by atoms with Crippen LogP contribution in [0.3, 0.4) is 0 Å². The van der Waals surface area contributed by atoms with Gasteiger partial charge in [-0.2, -0.15) is 0 Å². The summed E-state index contributed by atoms with van der Waals surface area (Å²) >= 11 is 1.64. The summed E-state index contributed by atoms with van der Waals surface area (Å²) in [5.41, 5.74) is 1.56. The number of hydrogen-bond acceptors (Lipinski definition) is 6. The van der Waals surface area contributed by atoms with Crippen molar-refractivity contribution in [2.45, 2.75) is 29.6 Å². The molecule has 0 bridgehead atoms. The van der Waals surface area contributed by atoms with E-state index >= 15 is 0 Å². The molecule has 1 N–H and O–H groups in total. The lowest BCUT2D eigenvalue weighted by atomic mass is 10.2. The van der Waals surface area contributed by atoms with Gasteiger partial charge in [0.05, 0.1) is 25.7 Å². The van der Waals surface area contributed by atoms with Crippen LogP contribution < -0.4 is 5.32 Å². The van der Waals surface area contributed by atoms with Gasteiger partial charge < -0.3 is 19.7 Å². The summed E-state index contributed by atoms with van der Waals surface area (Å²) in [7, 11) is 0. The summed E-state index contributed by atoms with van der Waals surface area (Å²) < 4.78 is 12.0. The quantitative estimate of drug-likeness (QED) is 0.733. The van der Waals surface area contributed by atoms with Crippen molar-refractivity contribution in [1.29, 1.82) is 0 Å². The van der Waals surface area contributed by atoms with Gasteiger partial charge in [-0.3, -0.25) is 14.6 Å². The van der Waals surface area contributed by atoms with E-state index in [1.807, 2.05) is 42.7 Å². The number of thioether (sulfide) groups is 1. The Balaban J connectivity index is 1.28. The van der Waals surface area contributed by atoms with E-state index in [0.717, 1.165) is 10.5 Å². The van der Waals surface area contributed by atoms with Gasteiger partial charge in [0.25, 0.3) is 5.91 Å². The molecule has 158 valence electrons. The van der Waals surface area contributed by atoms with Crippen molar-refractivity contribution >= 4 is 23.6 Å². The number of aromatic nitrogens is 1. The maximum atomic E-state index is 12.6. The maximum Gasteiger partial charge on any atom is 0.251 e. The molecule has 2 aliphatic rings. The molecule has 2 saturated heterocycles. The predicted molar refractivity (Wildman–Crippen MR) is 113 cm³/mol. The minimum atomic E-state index is -0.218. The summed E-state index contributed by atoms with van der Waals surface area (Å²) in [6.07, 6.45) is 5.38. The van der Waals surface area contributed by atoms with E-state index in [0.29, 0.717) is 38.3 Å². The number of rotatable bonds is 5. The molecule has 0 radical (unpaired) electrons. The van der Waals surface area contributed by atoms with Crippen LogP contribution in [0.2, 0.25) is 0 Å². The Morgan fingerprint density at radius 2 is 1.70 bits per heavy atom. The molecule has 2 amide bonds. The number of amides is 2. The van der Waals surface area contributed by atoms with Crippen LogP contribution in [-0.2, 0) is 20.7 Å². The lowest BCUT2D eigenvalue weighted by molar-refractivity contribution is -0.130. The number of benzene rings is 1. The smallest absolute Gasteiger partial charge is 0.251 e. The average Bonchev–Trinajstić information content (AvgIpc) is 3.10. The van der Waals surface area contributed by atoms with E-state index in [1.54, 1.807) is 29.1 Å². The fourth-order valence-electron chi connectivity index (χ4n) is 3.68. The van der Waals surface area contributed by atoms with E-state index < -0.39 is 0 Å². The molecule has 8 heteroatoms. The fraction of sp³-hybridized carbons (Fsp3) is 0.409. The van der Waals surface area contributed by atoms with Crippen LogP contribution in [-0.4, -0.2) is 72.5 Å². The summed E-state index contributed by atoms with van der Waals surface area (Å²) in [5, 5.41) is 2.99. The van der Waals surface area contributed by atoms with E-state index in [9.17, 15) is 9.59 Å². The molecule has 1 aromatic heterocycles. The summed E-state index contributed by atoms with van der Waals surface area (Å²) in [6, 6.07) is 11.0. The standard InChI is InChI=1S/C22H25N3O4S/c1-30-18-4-2-16(3-5-18)22(27)24-17-13-28-19-11-25(12-20(19)29-14-17)21(26)10-15-6-8-23-9-7-15/h2-9,17,19-20H,10-14H2,1H3,(H,24,27)/t19-,20-/m0/s1. The number of carbonyl (C=O) groups excluding carboxylic acids is 2. The van der Waals surface area contributed by atoms with Gasteiger partial charge in [-0.1, -0.05) is 0 Å². The Kier molecular flexibility index (Phi) is 6.66. The van der Waals surface area contributed by atoms with Crippen LogP contribution in [0.1, 0.15) is 15.9 Å². The van der Waals surface area contributed by atoms with E-state index in [2.05, 4.69) is 10.3 Å². The van der Waals surface area contributed by atoms with Gasteiger partial charge in [0.15, 0.2) is 0 Å². The first-order chi connectivity index (χ1) is 14.6. The molecule has 0 saturated carbocycles. The first-order valence-corrected chi connectivity index (χ1v) is 11.2. The molecule has 4 rings (SSSR count). The second-order valence-corrected chi connectivity index (χ2v) is 8.35. The van der Waals surface area contributed by atoms with Crippen molar-refractivity contribution in [1.82, 2.24) is 15.2 Å². The van der Waals surface area contributed by atoms with E-state index in [1.165, 1.54) is 0 Å². The molecule has 0 spiro atoms. The number of pyridine rings is 1. The normalized spacial score (nSPS) is 21.7. The van der Waals surface area contributed by atoms with Gasteiger partial charge >= 0.3 is 0 Å². The zero-order valence-corrected chi connectivity index (χ0v) is 17.6. The Labute approximate surface area is 180 Å². The topological polar surface area (TPSA) is 80.8 Å². The fourth-order valence-corrected chi connectivity index (χ4v) is 4.09. The Morgan fingerprint density at radius 1 is 1.07 bits per heavy atom. The highest BCUT2D eigenvalue weighted by atomic mass is 32.2. The lowest BCUT2D eigenvalue weighted by Crippen LogP contribution is -2.41. The van der Waals surface area contributed by atoms with Crippen LogP contribution >= 0.6 is 11.8 Å². The van der Waals surface area contributed by atoms with Crippen molar-refractivity contribution in [3.05, 3.63) is 59.9 Å². The van der Waals surface area contributed by atoms with Gasteiger partial charge in [-0.15, -0.1) is 11.8 Å². The molecule has 0 aliphatic carbocycles. The van der Waals surface area contributed by atoms with Crippen LogP contribution in [0.5, 0.6) is 0 Å². The number of ether oxygens (including phenoxy) is 2. The molecule has 2 fully saturated rings. The molecule has 7 nitrogen and oxygen atoms in total. The van der Waals surface area contributed by atoms with Gasteiger partial charge in [0.1, 0.15) is 12.2 Å². The molecular weight excluding hydrogens is 402 g/mol. The number of fused-ring (bicyclic) bond motifs is 1. The van der Waals surface area contributed by atoms with Crippen molar-refractivity contribution in [2.24, 2.45) is 0 Å². The number of carbonyl (C=O) groups is 2. The molecular formula is C22H25N3O4S. The van der Waals surface area contributed by atoms with Crippen molar-refractivity contribution in [3.63, 3.8) is 0 Å². The maximum absolute atomic E-state index is 12.6. The average molecular weight is 428 g/mol. The Hall–Kier alpha value is -2.42. The second-order valence-electron chi connectivity index (χ2n) is 7.47. The van der Waals surface area contributed by atoms with Crippen molar-refractivity contribution in [2.75, 3.05) is 32.6 Å². The molecule has 2 aromatic rings. The first kappa shape index (κ1) is 20.8. The molecule has 2 aliphatic heterocycles. The summed E-state index contributed by atoms with van der Waals surface area (Å²) in [5.74, 6) is -0.0823. The molecule has 30 heavy (non-hydrogen) atoms. The SMILES string of the molecule is CSc1ccc(C(=O)NC2CO[C@H]3CN(C(=O)Cc4ccncc4)C[C@@H]3OC2)cc1. The zero-order chi connectivity index (χ0) is 20.9. The minimum Gasteiger partial charge on any atom is -0.371 e. The number of hydrogen-bond donors (Lipinski definition) is 1. The number of nitrogens with one attached hydrogen (secondary N) is 1. The lowest BCUT2D eigenvalue weighted by Gasteiger charge is -2.19. The largest absolute Gasteiger partial charge is 0.371 e. The molecule has 0 unspecified atom stereocenters. The van der Waals surface area contributed by atoms with Crippen molar-refractivity contribution in [3.8, 4) is 0 Å². The summed E-state index contributed by atoms with van der Waals surface area (Å²) in [4.78, 5) is 32.0. The highest BCUT2D eigenvalue weighted by Gasteiger charge is 2.39. The Bertz CT molecular complexity index is 862. The van der Waals surface area contributed by atoms with Gasteiger partial charge in [0.2, 0.25) is 5.91 Å². The van der Waals surface area contributed by atoms with Gasteiger partial charge in [-0.05, 0) is 48.2 Å². The molecule has 1 aromatic carbocycles. The second kappa shape index (κ2) is 9.59. The molecule has 2 atom stereocenters. The van der Waals surface area contributed by atoms with E-state index in [4.69, 9.17) is 9.47 Å². The van der Waals surface area contributed by atoms with Crippen LogP contribution in [0, 0.1) is 0 Å². The third-order valence-corrected chi connectivity index (χ3v) is 6.13. The van der Waals surface area contributed by atoms with E-state index in [-0.39, 0.29) is 30.1 Å². The monoisotopic (exact) mass is 427 g/mol. The van der Waals surface area contributed by atoms with Crippen LogP contribution in [0.15, 0.2) is 53.7 Å². The minimum absolute atomic E-state index is 0.0556. The number of nitrogens with zero attached hydrogens (tertiary/aromatic N) is 2. The Morgan fingerprint density at radius 3 is 2.30 bits per heavy atom. The first-order valence-electron chi connectivity index (χ1n) is 9.97. The summed E-state index contributed by atoms with van der Waals surface area (Å²) in [6.45, 7) is 1.74. The third kappa shape index (κ3) is 5.00. The van der Waals surface area contributed by atoms with Gasteiger partial charge in [-0.25, -0.2) is 0 Å². The highest BCUT2D eigenvalue weighted by Crippen LogP contribution is 2.21. The third-order valence-electron chi connectivity index (χ3n) is 5.38. The zero-order valence-electron chi connectivity index (χ0n) is 16.8. The van der Waals surface area contributed by atoms with Crippen molar-refractivity contribution < 1.29 is 19.1 Å².